The second-order valence-electron chi connectivity index (χ2n) is 4.64. The van der Waals surface area contributed by atoms with Crippen molar-refractivity contribution < 1.29 is 29.0 Å². The Morgan fingerprint density at radius 3 is 1.88 bits per heavy atom. The molecule has 0 saturated heterocycles. The number of benzene rings is 2. The highest BCUT2D eigenvalue weighted by Crippen LogP contribution is 2.07. The average Bonchev–Trinajstić information content (AvgIpc) is 2.61. The Bertz CT molecular complexity index is 749. The van der Waals surface area contributed by atoms with Gasteiger partial charge in [0.25, 0.3) is 11.6 Å². The molecule has 6 heteroatoms. The molecule has 0 bridgehead atoms. The Morgan fingerprint density at radius 2 is 1.38 bits per heavy atom. The van der Waals surface area contributed by atoms with E-state index in [1.54, 1.807) is 55.5 Å². The van der Waals surface area contributed by atoms with E-state index in [2.05, 4.69) is 4.74 Å². The minimum Gasteiger partial charge on any atom is -0.475 e. The molecule has 0 aliphatic rings. The van der Waals surface area contributed by atoms with E-state index < -0.39 is 23.5 Å². The number of hydrogen-bond donors (Lipinski definition) is 1. The van der Waals surface area contributed by atoms with Gasteiger partial charge in [-0.3, -0.25) is 9.59 Å². The molecule has 0 saturated carbocycles. The van der Waals surface area contributed by atoms with Crippen molar-refractivity contribution >= 4 is 23.5 Å². The average molecular weight is 328 g/mol. The van der Waals surface area contributed by atoms with Crippen molar-refractivity contribution in [2.45, 2.75) is 6.92 Å². The molecule has 124 valence electrons. The standard InChI is InChI=1S/2C9H8O3/c1-12-9(11)8(10)7-5-3-2-4-6-7;1-6-4-2-3-5-7(6)8(10)9(11)12/h2-6H,1H3;2-5H,1H3,(H,11,12). The molecule has 6 nitrogen and oxygen atoms in total. The Kier molecular flexibility index (Phi) is 7.03. The van der Waals surface area contributed by atoms with Crippen LogP contribution < -0.4 is 0 Å². The van der Waals surface area contributed by atoms with E-state index in [9.17, 15) is 19.2 Å². The van der Waals surface area contributed by atoms with Gasteiger partial charge in [-0.05, 0) is 12.5 Å². The van der Waals surface area contributed by atoms with Crippen molar-refractivity contribution in [2.75, 3.05) is 7.11 Å². The largest absolute Gasteiger partial charge is 0.475 e. The first-order valence-electron chi connectivity index (χ1n) is 6.89. The summed E-state index contributed by atoms with van der Waals surface area (Å²) in [5.41, 5.74) is 1.29. The number of hydrogen-bond acceptors (Lipinski definition) is 5. The molecule has 1 N–H and O–H groups in total. The van der Waals surface area contributed by atoms with Gasteiger partial charge in [0, 0.05) is 11.1 Å². The molecule has 0 heterocycles. The number of carboxylic acid groups (broad SMARTS) is 1. The van der Waals surface area contributed by atoms with Crippen molar-refractivity contribution in [3.8, 4) is 0 Å². The lowest BCUT2D eigenvalue weighted by Crippen LogP contribution is -2.15. The molecule has 0 spiro atoms. The minimum atomic E-state index is -1.41. The van der Waals surface area contributed by atoms with Gasteiger partial charge in [-0.1, -0.05) is 54.6 Å². The van der Waals surface area contributed by atoms with E-state index in [0.717, 1.165) is 0 Å². The van der Waals surface area contributed by atoms with Crippen molar-refractivity contribution in [2.24, 2.45) is 0 Å². The van der Waals surface area contributed by atoms with Gasteiger partial charge in [0.1, 0.15) is 0 Å². The van der Waals surface area contributed by atoms with Crippen molar-refractivity contribution in [3.63, 3.8) is 0 Å². The van der Waals surface area contributed by atoms with Crippen LogP contribution >= 0.6 is 0 Å². The Balaban J connectivity index is 0.000000240. The van der Waals surface area contributed by atoms with E-state index in [-0.39, 0.29) is 5.56 Å². The van der Waals surface area contributed by atoms with Crippen LogP contribution in [0.1, 0.15) is 26.3 Å². The Morgan fingerprint density at radius 1 is 0.833 bits per heavy atom. The van der Waals surface area contributed by atoms with Crippen LogP contribution in [0.3, 0.4) is 0 Å². The highest BCUT2D eigenvalue weighted by Gasteiger charge is 2.16. The Labute approximate surface area is 138 Å². The molecule has 0 radical (unpaired) electrons. The van der Waals surface area contributed by atoms with Gasteiger partial charge in [-0.2, -0.15) is 0 Å². The summed E-state index contributed by atoms with van der Waals surface area (Å²) in [6.07, 6.45) is 0. The summed E-state index contributed by atoms with van der Waals surface area (Å²) < 4.78 is 4.28. The molecule has 0 aliphatic carbocycles. The first kappa shape index (κ1) is 18.8. The lowest BCUT2D eigenvalue weighted by atomic mass is 10.1. The molecule has 0 fully saturated rings. The second kappa shape index (κ2) is 8.99. The highest BCUT2D eigenvalue weighted by atomic mass is 16.5. The predicted octanol–water partition coefficient (Wildman–Crippen LogP) is 2.30. The smallest absolute Gasteiger partial charge is 0.379 e. The molecule has 2 aromatic carbocycles. The van der Waals surface area contributed by atoms with E-state index in [1.807, 2.05) is 0 Å². The van der Waals surface area contributed by atoms with E-state index in [4.69, 9.17) is 5.11 Å². The number of carboxylic acids is 1. The maximum Gasteiger partial charge on any atom is 0.379 e. The zero-order chi connectivity index (χ0) is 18.1. The minimum absolute atomic E-state index is 0.255. The number of ether oxygens (including phenoxy) is 1. The molecule has 24 heavy (non-hydrogen) atoms. The van der Waals surface area contributed by atoms with Crippen molar-refractivity contribution in [1.29, 1.82) is 0 Å². The van der Waals surface area contributed by atoms with Crippen molar-refractivity contribution in [3.05, 3.63) is 71.3 Å². The molecule has 0 atom stereocenters. The number of aryl methyl sites for hydroxylation is 1. The van der Waals surface area contributed by atoms with Crippen LogP contribution in [0.2, 0.25) is 0 Å². The fraction of sp³-hybridized carbons (Fsp3) is 0.111. The van der Waals surface area contributed by atoms with Crippen LogP contribution in [0, 0.1) is 6.92 Å². The number of Topliss-reactive ketones (excluding diaryl/α,β-unsaturated/α-hetero) is 2. The van der Waals surface area contributed by atoms with Crippen LogP contribution in [-0.2, 0) is 14.3 Å². The monoisotopic (exact) mass is 328 g/mol. The lowest BCUT2D eigenvalue weighted by molar-refractivity contribution is -0.135. The van der Waals surface area contributed by atoms with Gasteiger partial charge >= 0.3 is 11.9 Å². The Hall–Kier alpha value is -3.28. The summed E-state index contributed by atoms with van der Waals surface area (Å²) in [6, 6.07) is 14.9. The summed E-state index contributed by atoms with van der Waals surface area (Å²) >= 11 is 0. The molecule has 2 aromatic rings. The van der Waals surface area contributed by atoms with E-state index in [1.165, 1.54) is 13.2 Å². The van der Waals surface area contributed by atoms with Crippen LogP contribution in [-0.4, -0.2) is 35.7 Å². The number of esters is 1. The summed E-state index contributed by atoms with van der Waals surface area (Å²) in [6.45, 7) is 1.70. The lowest BCUT2D eigenvalue weighted by Gasteiger charge is -1.98. The van der Waals surface area contributed by atoms with Gasteiger partial charge in [-0.25, -0.2) is 9.59 Å². The molecular formula is C18H16O6. The summed E-state index contributed by atoms with van der Waals surface area (Å²) in [7, 11) is 1.18. The number of carbonyl (C=O) groups excluding carboxylic acids is 3. The fourth-order valence-corrected chi connectivity index (χ4v) is 1.74. The van der Waals surface area contributed by atoms with Crippen LogP contribution in [0.15, 0.2) is 54.6 Å². The van der Waals surface area contributed by atoms with Crippen LogP contribution in [0.5, 0.6) is 0 Å². The van der Waals surface area contributed by atoms with Gasteiger partial charge in [-0.15, -0.1) is 0 Å². The number of carbonyl (C=O) groups is 4. The molecule has 0 unspecified atom stereocenters. The predicted molar refractivity (Wildman–Crippen MR) is 85.9 cm³/mol. The number of ketones is 2. The SMILES string of the molecule is COC(=O)C(=O)c1ccccc1.Cc1ccccc1C(=O)C(=O)O. The van der Waals surface area contributed by atoms with Crippen LogP contribution in [0.4, 0.5) is 0 Å². The molecular weight excluding hydrogens is 312 g/mol. The van der Waals surface area contributed by atoms with Gasteiger partial charge in [0.2, 0.25) is 0 Å². The van der Waals surface area contributed by atoms with Gasteiger partial charge in [0.15, 0.2) is 0 Å². The van der Waals surface area contributed by atoms with Gasteiger partial charge < -0.3 is 9.84 Å². The van der Waals surface area contributed by atoms with Crippen molar-refractivity contribution in [1.82, 2.24) is 0 Å². The zero-order valence-electron chi connectivity index (χ0n) is 13.2. The quantitative estimate of drug-likeness (QED) is 0.525. The number of rotatable bonds is 4. The zero-order valence-corrected chi connectivity index (χ0v) is 13.2. The van der Waals surface area contributed by atoms with Gasteiger partial charge in [0.05, 0.1) is 7.11 Å². The number of aliphatic carboxylic acids is 1. The summed E-state index contributed by atoms with van der Waals surface area (Å²) in [5, 5.41) is 8.41. The molecule has 0 aromatic heterocycles. The summed E-state index contributed by atoms with van der Waals surface area (Å²) in [5.74, 6) is -3.71. The molecule has 2 rings (SSSR count). The normalized spacial score (nSPS) is 9.25. The van der Waals surface area contributed by atoms with Crippen LogP contribution in [0.25, 0.3) is 0 Å². The molecule has 0 amide bonds. The first-order chi connectivity index (χ1) is 11.4. The third kappa shape index (κ3) is 5.17. The third-order valence-corrected chi connectivity index (χ3v) is 2.99. The van der Waals surface area contributed by atoms with E-state index >= 15 is 0 Å². The molecule has 0 aliphatic heterocycles. The topological polar surface area (TPSA) is 97.7 Å². The number of methoxy groups -OCH3 is 1. The fourth-order valence-electron chi connectivity index (χ4n) is 1.74. The first-order valence-corrected chi connectivity index (χ1v) is 6.89. The van der Waals surface area contributed by atoms with E-state index in [0.29, 0.717) is 11.1 Å². The second-order valence-corrected chi connectivity index (χ2v) is 4.64. The highest BCUT2D eigenvalue weighted by molar-refractivity contribution is 6.40. The maximum atomic E-state index is 11.1. The summed E-state index contributed by atoms with van der Waals surface area (Å²) in [4.78, 5) is 43.1. The maximum absolute atomic E-state index is 11.1. The third-order valence-electron chi connectivity index (χ3n) is 2.99.